The number of hydrogen-bond acceptors (Lipinski definition) is 3. The minimum Gasteiger partial charge on any atom is -0.364 e. The highest BCUT2D eigenvalue weighted by Gasteiger charge is 2.18. The van der Waals surface area contributed by atoms with Crippen LogP contribution in [0.2, 0.25) is 0 Å². The number of nitrogens with one attached hydrogen (secondary N) is 2. The number of pyridine rings is 1. The third kappa shape index (κ3) is 4.75. The van der Waals surface area contributed by atoms with Gasteiger partial charge >= 0.3 is 0 Å². The standard InChI is InChI=1S/C27H27N3O/c1-3-24(21-14-8-5-9-15-21)30-27(31)23-18-26(29-25-17-11-10-16-22(23)25)28-19(2)20-12-6-4-7-13-20/h4-19,24H,3H2,1-2H3,(H,28,29)(H,30,31)/t19?,24-/m0/s1. The number of nitrogens with zero attached hydrogens (tertiary/aromatic N) is 1. The molecule has 0 bridgehead atoms. The fourth-order valence-electron chi connectivity index (χ4n) is 3.83. The number of hydrogen-bond donors (Lipinski definition) is 2. The van der Waals surface area contributed by atoms with E-state index in [9.17, 15) is 4.79 Å². The van der Waals surface area contributed by atoms with E-state index in [1.165, 1.54) is 5.56 Å². The summed E-state index contributed by atoms with van der Waals surface area (Å²) in [5.74, 6) is 0.595. The van der Waals surface area contributed by atoms with Crippen LogP contribution in [0.5, 0.6) is 0 Å². The minimum atomic E-state index is -0.0929. The number of amides is 1. The molecule has 1 unspecified atom stereocenters. The molecule has 156 valence electrons. The van der Waals surface area contributed by atoms with Crippen LogP contribution in [0.4, 0.5) is 5.82 Å². The van der Waals surface area contributed by atoms with Gasteiger partial charge in [0, 0.05) is 11.4 Å². The lowest BCUT2D eigenvalue weighted by Gasteiger charge is -2.20. The Kier molecular flexibility index (Phi) is 6.27. The summed E-state index contributed by atoms with van der Waals surface area (Å²) >= 11 is 0. The zero-order valence-electron chi connectivity index (χ0n) is 17.9. The number of aromatic nitrogens is 1. The second-order valence-electron chi connectivity index (χ2n) is 7.69. The lowest BCUT2D eigenvalue weighted by atomic mass is 10.0. The maximum absolute atomic E-state index is 13.3. The van der Waals surface area contributed by atoms with E-state index < -0.39 is 0 Å². The van der Waals surface area contributed by atoms with E-state index in [4.69, 9.17) is 4.98 Å². The number of carbonyl (C=O) groups is 1. The molecule has 0 aliphatic heterocycles. The molecule has 4 rings (SSSR count). The molecule has 0 aliphatic rings. The van der Waals surface area contributed by atoms with Gasteiger partial charge in [-0.15, -0.1) is 0 Å². The highest BCUT2D eigenvalue weighted by Crippen LogP contribution is 2.25. The second-order valence-corrected chi connectivity index (χ2v) is 7.69. The number of anilines is 1. The molecule has 0 radical (unpaired) electrons. The molecule has 31 heavy (non-hydrogen) atoms. The predicted molar refractivity (Wildman–Crippen MR) is 127 cm³/mol. The van der Waals surface area contributed by atoms with Crippen LogP contribution in [0, 0.1) is 0 Å². The molecule has 0 fully saturated rings. The Morgan fingerprint density at radius 3 is 2.16 bits per heavy atom. The number of carbonyl (C=O) groups excluding carboxylic acids is 1. The molecule has 2 N–H and O–H groups in total. The molecule has 1 aromatic heterocycles. The van der Waals surface area contributed by atoms with Gasteiger partial charge in [-0.1, -0.05) is 85.8 Å². The van der Waals surface area contributed by atoms with Crippen molar-refractivity contribution in [1.29, 1.82) is 0 Å². The van der Waals surface area contributed by atoms with Crippen LogP contribution in [0.3, 0.4) is 0 Å². The van der Waals surface area contributed by atoms with E-state index in [1.807, 2.05) is 78.9 Å². The zero-order chi connectivity index (χ0) is 21.6. The van der Waals surface area contributed by atoms with Crippen molar-refractivity contribution >= 4 is 22.6 Å². The highest BCUT2D eigenvalue weighted by atomic mass is 16.1. The molecule has 4 nitrogen and oxygen atoms in total. The molecule has 4 aromatic rings. The van der Waals surface area contributed by atoms with Gasteiger partial charge in [-0.25, -0.2) is 4.98 Å². The van der Waals surface area contributed by atoms with E-state index in [-0.39, 0.29) is 18.0 Å². The normalized spacial score (nSPS) is 12.8. The van der Waals surface area contributed by atoms with Gasteiger partial charge in [-0.05, 0) is 36.6 Å². The SMILES string of the molecule is CC[C@H](NC(=O)c1cc(NC(C)c2ccccc2)nc2ccccc12)c1ccccc1. The summed E-state index contributed by atoms with van der Waals surface area (Å²) in [7, 11) is 0. The third-order valence-electron chi connectivity index (χ3n) is 5.54. The number of para-hydroxylation sites is 1. The van der Waals surface area contributed by atoms with Gasteiger partial charge < -0.3 is 10.6 Å². The van der Waals surface area contributed by atoms with E-state index in [0.717, 1.165) is 22.9 Å². The lowest BCUT2D eigenvalue weighted by Crippen LogP contribution is -2.28. The predicted octanol–water partition coefficient (Wildman–Crippen LogP) is 6.29. The van der Waals surface area contributed by atoms with Gasteiger partial charge in [0.1, 0.15) is 5.82 Å². The maximum atomic E-state index is 13.3. The number of benzene rings is 3. The fraction of sp³-hybridized carbons (Fsp3) is 0.185. The molecule has 0 aliphatic carbocycles. The summed E-state index contributed by atoms with van der Waals surface area (Å²) < 4.78 is 0. The molecule has 0 spiro atoms. The molecular formula is C27H27N3O. The van der Waals surface area contributed by atoms with Crippen molar-refractivity contribution in [2.75, 3.05) is 5.32 Å². The van der Waals surface area contributed by atoms with Crippen LogP contribution in [0.25, 0.3) is 10.9 Å². The zero-order valence-corrected chi connectivity index (χ0v) is 17.9. The van der Waals surface area contributed by atoms with Crippen LogP contribution in [-0.4, -0.2) is 10.9 Å². The van der Waals surface area contributed by atoms with Crippen LogP contribution < -0.4 is 10.6 Å². The Labute approximate surface area is 183 Å². The van der Waals surface area contributed by atoms with Crippen molar-refractivity contribution in [3.63, 3.8) is 0 Å². The van der Waals surface area contributed by atoms with Crippen molar-refractivity contribution in [1.82, 2.24) is 10.3 Å². The minimum absolute atomic E-state index is 0.0414. The van der Waals surface area contributed by atoms with Crippen LogP contribution >= 0.6 is 0 Å². The van der Waals surface area contributed by atoms with Crippen molar-refractivity contribution in [2.24, 2.45) is 0 Å². The molecule has 2 atom stereocenters. The number of fused-ring (bicyclic) bond motifs is 1. The van der Waals surface area contributed by atoms with Crippen LogP contribution in [-0.2, 0) is 0 Å². The van der Waals surface area contributed by atoms with E-state index in [1.54, 1.807) is 0 Å². The summed E-state index contributed by atoms with van der Waals surface area (Å²) in [6.07, 6.45) is 0.814. The molecular weight excluding hydrogens is 382 g/mol. The number of rotatable bonds is 7. The molecule has 1 heterocycles. The van der Waals surface area contributed by atoms with Crippen molar-refractivity contribution in [3.05, 3.63) is 108 Å². The Hall–Kier alpha value is -3.66. The summed E-state index contributed by atoms with van der Waals surface area (Å²) in [6.45, 7) is 4.17. The molecule has 3 aromatic carbocycles. The topological polar surface area (TPSA) is 54.0 Å². The molecule has 0 saturated heterocycles. The first-order valence-electron chi connectivity index (χ1n) is 10.7. The average molecular weight is 410 g/mol. The Balaban J connectivity index is 1.65. The Morgan fingerprint density at radius 2 is 1.48 bits per heavy atom. The van der Waals surface area contributed by atoms with Gasteiger partial charge in [0.25, 0.3) is 5.91 Å². The van der Waals surface area contributed by atoms with E-state index in [2.05, 4.69) is 36.6 Å². The summed E-state index contributed by atoms with van der Waals surface area (Å²) in [5.41, 5.74) is 3.69. The third-order valence-corrected chi connectivity index (χ3v) is 5.54. The first kappa shape index (κ1) is 20.6. The lowest BCUT2D eigenvalue weighted by molar-refractivity contribution is 0.0937. The summed E-state index contributed by atoms with van der Waals surface area (Å²) in [6, 6.07) is 30.0. The van der Waals surface area contributed by atoms with Crippen LogP contribution in [0.1, 0.15) is 53.8 Å². The Morgan fingerprint density at radius 1 is 0.871 bits per heavy atom. The average Bonchev–Trinajstić information content (AvgIpc) is 2.83. The summed E-state index contributed by atoms with van der Waals surface area (Å²) in [5, 5.41) is 7.51. The first-order valence-corrected chi connectivity index (χ1v) is 10.7. The molecule has 0 saturated carbocycles. The second kappa shape index (κ2) is 9.43. The van der Waals surface area contributed by atoms with E-state index >= 15 is 0 Å². The highest BCUT2D eigenvalue weighted by molar-refractivity contribution is 6.07. The van der Waals surface area contributed by atoms with Gasteiger partial charge in [0.2, 0.25) is 0 Å². The van der Waals surface area contributed by atoms with Gasteiger partial charge in [-0.3, -0.25) is 4.79 Å². The van der Waals surface area contributed by atoms with Crippen molar-refractivity contribution < 1.29 is 4.79 Å². The van der Waals surface area contributed by atoms with Gasteiger partial charge in [0.15, 0.2) is 0 Å². The van der Waals surface area contributed by atoms with Crippen molar-refractivity contribution in [3.8, 4) is 0 Å². The monoisotopic (exact) mass is 409 g/mol. The van der Waals surface area contributed by atoms with E-state index in [0.29, 0.717) is 11.4 Å². The van der Waals surface area contributed by atoms with Gasteiger partial charge in [0.05, 0.1) is 17.1 Å². The maximum Gasteiger partial charge on any atom is 0.252 e. The largest absolute Gasteiger partial charge is 0.364 e. The smallest absolute Gasteiger partial charge is 0.252 e. The Bertz CT molecular complexity index is 1160. The molecule has 1 amide bonds. The van der Waals surface area contributed by atoms with Crippen LogP contribution in [0.15, 0.2) is 91.0 Å². The van der Waals surface area contributed by atoms with Gasteiger partial charge in [-0.2, -0.15) is 0 Å². The van der Waals surface area contributed by atoms with Crippen molar-refractivity contribution in [2.45, 2.75) is 32.4 Å². The fourth-order valence-corrected chi connectivity index (χ4v) is 3.83. The molecule has 4 heteroatoms. The summed E-state index contributed by atoms with van der Waals surface area (Å²) in [4.78, 5) is 18.1. The first-order chi connectivity index (χ1) is 15.2. The quantitative estimate of drug-likeness (QED) is 0.377.